The van der Waals surface area contributed by atoms with Gasteiger partial charge in [-0.25, -0.2) is 0 Å². The van der Waals surface area contributed by atoms with Crippen molar-refractivity contribution in [1.82, 2.24) is 10.2 Å². The van der Waals surface area contributed by atoms with Crippen molar-refractivity contribution in [2.24, 2.45) is 0 Å². The number of rotatable bonds is 7. The first-order chi connectivity index (χ1) is 13.0. The van der Waals surface area contributed by atoms with Crippen LogP contribution in [0.1, 0.15) is 22.7 Å². The Morgan fingerprint density at radius 2 is 1.93 bits per heavy atom. The molecular formula is C22H26N2O3. The Hall–Kier alpha value is -2.79. The Morgan fingerprint density at radius 1 is 1.19 bits per heavy atom. The van der Waals surface area contributed by atoms with E-state index in [0.717, 1.165) is 33.4 Å². The number of likely N-dealkylation sites (N-methyl/N-ethyl adjacent to an activating group) is 1. The summed E-state index contributed by atoms with van der Waals surface area (Å²) in [5, 5.41) is 4.05. The number of benzene rings is 2. The first-order valence-electron chi connectivity index (χ1n) is 9.01. The van der Waals surface area contributed by atoms with Crippen molar-refractivity contribution in [3.8, 4) is 5.75 Å². The van der Waals surface area contributed by atoms with Crippen molar-refractivity contribution >= 4 is 16.9 Å². The number of carbonyl (C=O) groups is 1. The fraction of sp³-hybridized carbons (Fsp3) is 0.318. The lowest BCUT2D eigenvalue weighted by molar-refractivity contribution is -0.120. The van der Waals surface area contributed by atoms with Gasteiger partial charge in [-0.15, -0.1) is 0 Å². The summed E-state index contributed by atoms with van der Waals surface area (Å²) < 4.78 is 10.8. The fourth-order valence-corrected chi connectivity index (χ4v) is 3.20. The van der Waals surface area contributed by atoms with Gasteiger partial charge in [0.1, 0.15) is 11.3 Å². The van der Waals surface area contributed by atoms with Gasteiger partial charge in [-0.1, -0.05) is 24.3 Å². The number of nitrogens with one attached hydrogen (secondary N) is 1. The number of hydrogen-bond donors (Lipinski definition) is 1. The lowest BCUT2D eigenvalue weighted by atomic mass is 10.1. The predicted octanol–water partition coefficient (Wildman–Crippen LogP) is 3.71. The number of methoxy groups -OCH3 is 1. The number of amides is 1. The highest BCUT2D eigenvalue weighted by Gasteiger charge is 2.16. The second kappa shape index (κ2) is 8.27. The Morgan fingerprint density at radius 3 is 2.59 bits per heavy atom. The van der Waals surface area contributed by atoms with Crippen LogP contribution in [0.15, 0.2) is 53.1 Å². The summed E-state index contributed by atoms with van der Waals surface area (Å²) in [5.41, 5.74) is 4.00. The number of fused-ring (bicyclic) bond motifs is 1. The smallest absolute Gasteiger partial charge is 0.224 e. The fourth-order valence-electron chi connectivity index (χ4n) is 3.20. The standard InChI is InChI=1S/C22H26N2O3/c1-15-5-10-19-17(14-27-21(19)11-15)12-22(25)23-13-20(24(2)3)16-6-8-18(26-4)9-7-16/h5-11,14,20H,12-13H2,1-4H3,(H,23,25). The molecule has 27 heavy (non-hydrogen) atoms. The first-order valence-corrected chi connectivity index (χ1v) is 9.01. The van der Waals surface area contributed by atoms with Gasteiger partial charge < -0.3 is 19.4 Å². The average molecular weight is 366 g/mol. The maximum Gasteiger partial charge on any atom is 0.224 e. The molecule has 2 aromatic carbocycles. The number of carbonyl (C=O) groups excluding carboxylic acids is 1. The Bertz CT molecular complexity index is 913. The molecule has 1 amide bonds. The summed E-state index contributed by atoms with van der Waals surface area (Å²) in [6.07, 6.45) is 1.98. The molecule has 0 saturated heterocycles. The van der Waals surface area contributed by atoms with Gasteiger partial charge in [-0.2, -0.15) is 0 Å². The van der Waals surface area contributed by atoms with Crippen LogP contribution in [0.25, 0.3) is 11.0 Å². The van der Waals surface area contributed by atoms with Crippen molar-refractivity contribution in [3.05, 3.63) is 65.4 Å². The lowest BCUT2D eigenvalue weighted by Gasteiger charge is -2.25. The van der Waals surface area contributed by atoms with Crippen molar-refractivity contribution in [3.63, 3.8) is 0 Å². The van der Waals surface area contributed by atoms with Gasteiger partial charge in [0.15, 0.2) is 0 Å². The van der Waals surface area contributed by atoms with E-state index >= 15 is 0 Å². The van der Waals surface area contributed by atoms with Crippen LogP contribution < -0.4 is 10.1 Å². The number of nitrogens with zero attached hydrogens (tertiary/aromatic N) is 1. The maximum absolute atomic E-state index is 12.5. The minimum Gasteiger partial charge on any atom is -0.497 e. The van der Waals surface area contributed by atoms with E-state index in [1.54, 1.807) is 13.4 Å². The highest BCUT2D eigenvalue weighted by molar-refractivity contribution is 5.87. The highest BCUT2D eigenvalue weighted by atomic mass is 16.5. The van der Waals surface area contributed by atoms with Gasteiger partial charge in [0, 0.05) is 17.5 Å². The lowest BCUT2D eigenvalue weighted by Crippen LogP contribution is -2.35. The molecular weight excluding hydrogens is 340 g/mol. The van der Waals surface area contributed by atoms with Crippen LogP contribution >= 0.6 is 0 Å². The van der Waals surface area contributed by atoms with Crippen LogP contribution in [0.4, 0.5) is 0 Å². The SMILES string of the molecule is COc1ccc(C(CNC(=O)Cc2coc3cc(C)ccc23)N(C)C)cc1. The molecule has 3 rings (SSSR count). The molecule has 0 aliphatic heterocycles. The average Bonchev–Trinajstić information content (AvgIpc) is 3.03. The minimum atomic E-state index is -0.0152. The molecule has 0 saturated carbocycles. The van der Waals surface area contributed by atoms with E-state index in [-0.39, 0.29) is 11.9 Å². The van der Waals surface area contributed by atoms with Crippen LogP contribution in [-0.4, -0.2) is 38.6 Å². The van der Waals surface area contributed by atoms with Gasteiger partial charge in [-0.05, 0) is 50.3 Å². The predicted molar refractivity (Wildman–Crippen MR) is 107 cm³/mol. The number of ether oxygens (including phenoxy) is 1. The highest BCUT2D eigenvalue weighted by Crippen LogP contribution is 2.23. The number of furan rings is 1. The van der Waals surface area contributed by atoms with Crippen molar-refractivity contribution in [2.45, 2.75) is 19.4 Å². The zero-order chi connectivity index (χ0) is 19.4. The van der Waals surface area contributed by atoms with Crippen LogP contribution in [0.2, 0.25) is 0 Å². The maximum atomic E-state index is 12.5. The molecule has 5 nitrogen and oxygen atoms in total. The monoisotopic (exact) mass is 366 g/mol. The second-order valence-electron chi connectivity index (χ2n) is 6.99. The molecule has 1 unspecified atom stereocenters. The molecule has 0 bridgehead atoms. The molecule has 1 aromatic heterocycles. The van der Waals surface area contributed by atoms with Gasteiger partial charge >= 0.3 is 0 Å². The summed E-state index contributed by atoms with van der Waals surface area (Å²) in [7, 11) is 5.67. The van der Waals surface area contributed by atoms with E-state index in [2.05, 4.69) is 10.2 Å². The van der Waals surface area contributed by atoms with E-state index in [1.807, 2.05) is 63.5 Å². The summed E-state index contributed by atoms with van der Waals surface area (Å²) in [4.78, 5) is 14.6. The van der Waals surface area contributed by atoms with E-state index in [1.165, 1.54) is 0 Å². The molecule has 0 fully saturated rings. The molecule has 0 aliphatic carbocycles. The Labute approximate surface area is 159 Å². The Balaban J connectivity index is 1.65. The Kier molecular flexibility index (Phi) is 5.81. The van der Waals surface area contributed by atoms with Gasteiger partial charge in [-0.3, -0.25) is 4.79 Å². The third-order valence-corrected chi connectivity index (χ3v) is 4.78. The normalized spacial score (nSPS) is 12.3. The van der Waals surface area contributed by atoms with Crippen molar-refractivity contribution in [1.29, 1.82) is 0 Å². The van der Waals surface area contributed by atoms with Crippen LogP contribution in [0.3, 0.4) is 0 Å². The van der Waals surface area contributed by atoms with Crippen LogP contribution in [0.5, 0.6) is 5.75 Å². The van der Waals surface area contributed by atoms with E-state index in [0.29, 0.717) is 13.0 Å². The third-order valence-electron chi connectivity index (χ3n) is 4.78. The molecule has 1 heterocycles. The second-order valence-corrected chi connectivity index (χ2v) is 6.99. The topological polar surface area (TPSA) is 54.7 Å². The van der Waals surface area contributed by atoms with Gasteiger partial charge in [0.05, 0.1) is 25.8 Å². The van der Waals surface area contributed by atoms with Crippen LogP contribution in [0, 0.1) is 6.92 Å². The van der Waals surface area contributed by atoms with Gasteiger partial charge in [0.25, 0.3) is 0 Å². The number of hydrogen-bond acceptors (Lipinski definition) is 4. The summed E-state index contributed by atoms with van der Waals surface area (Å²) in [6.45, 7) is 2.56. The minimum absolute atomic E-state index is 0.0152. The molecule has 1 N–H and O–H groups in total. The van der Waals surface area contributed by atoms with Gasteiger partial charge in [0.2, 0.25) is 5.91 Å². The molecule has 1 atom stereocenters. The molecule has 0 spiro atoms. The molecule has 0 radical (unpaired) electrons. The van der Waals surface area contributed by atoms with Crippen molar-refractivity contribution < 1.29 is 13.9 Å². The summed E-state index contributed by atoms with van der Waals surface area (Å²) in [6, 6.07) is 14.1. The summed E-state index contributed by atoms with van der Waals surface area (Å²) >= 11 is 0. The largest absolute Gasteiger partial charge is 0.497 e. The summed E-state index contributed by atoms with van der Waals surface area (Å²) in [5.74, 6) is 0.806. The third kappa shape index (κ3) is 4.49. The molecule has 142 valence electrons. The first kappa shape index (κ1) is 19.0. The zero-order valence-corrected chi connectivity index (χ0v) is 16.3. The van der Waals surface area contributed by atoms with E-state index in [4.69, 9.17) is 9.15 Å². The van der Waals surface area contributed by atoms with Crippen molar-refractivity contribution in [2.75, 3.05) is 27.7 Å². The van der Waals surface area contributed by atoms with E-state index < -0.39 is 0 Å². The number of aryl methyl sites for hydroxylation is 1. The van der Waals surface area contributed by atoms with Crippen LogP contribution in [-0.2, 0) is 11.2 Å². The molecule has 0 aliphatic rings. The molecule has 5 heteroatoms. The van der Waals surface area contributed by atoms with E-state index in [9.17, 15) is 4.79 Å². The zero-order valence-electron chi connectivity index (χ0n) is 16.3. The quantitative estimate of drug-likeness (QED) is 0.693. The molecule has 3 aromatic rings.